The van der Waals surface area contributed by atoms with Crippen molar-refractivity contribution in [3.05, 3.63) is 40.7 Å². The van der Waals surface area contributed by atoms with E-state index in [0.29, 0.717) is 0 Å². The van der Waals surface area contributed by atoms with Crippen molar-refractivity contribution in [3.8, 4) is 11.3 Å². The molecular weight excluding hydrogens is 248 g/mol. The molecule has 0 saturated carbocycles. The maximum absolute atomic E-state index is 4.48. The average molecular weight is 258 g/mol. The van der Waals surface area contributed by atoms with Gasteiger partial charge in [-0.25, -0.2) is 0 Å². The monoisotopic (exact) mass is 258 g/mol. The topological polar surface area (TPSA) is 25.8 Å². The normalized spacial score (nSPS) is 11.6. The van der Waals surface area contributed by atoms with Gasteiger partial charge in [-0.05, 0) is 36.7 Å². The molecule has 0 amide bonds. The lowest BCUT2D eigenvalue weighted by Gasteiger charge is -1.98. The molecule has 2 nitrogen and oxygen atoms in total. The van der Waals surface area contributed by atoms with Crippen LogP contribution in [-0.4, -0.2) is 9.36 Å². The molecule has 3 aromatic heterocycles. The molecule has 0 aliphatic carbocycles. The minimum atomic E-state index is 0.998. The van der Waals surface area contributed by atoms with Gasteiger partial charge in [-0.1, -0.05) is 12.1 Å². The Kier molecular flexibility index (Phi) is 2.74. The average Bonchev–Trinajstić information content (AvgIpc) is 2.90. The molecule has 84 valence electrons. The summed E-state index contributed by atoms with van der Waals surface area (Å²) < 4.78 is 5.72. The molecule has 0 N–H and O–H groups in total. The van der Waals surface area contributed by atoms with Gasteiger partial charge >= 0.3 is 0 Å². The number of allylic oxidation sites excluding steroid dienone is 1. The molecule has 0 unspecified atom stereocenters. The molecule has 0 atom stereocenters. The summed E-state index contributed by atoms with van der Waals surface area (Å²) >= 11 is 3.27. The molecule has 0 bridgehead atoms. The zero-order chi connectivity index (χ0) is 11.7. The molecule has 0 aliphatic heterocycles. The minimum absolute atomic E-state index is 0.998. The fourth-order valence-corrected chi connectivity index (χ4v) is 3.71. The molecule has 0 aromatic carbocycles. The molecule has 0 saturated heterocycles. The van der Waals surface area contributed by atoms with Crippen molar-refractivity contribution in [2.45, 2.75) is 6.92 Å². The summed E-state index contributed by atoms with van der Waals surface area (Å²) in [6, 6.07) is 5.98. The maximum atomic E-state index is 4.48. The third kappa shape index (κ3) is 1.79. The molecule has 17 heavy (non-hydrogen) atoms. The third-order valence-electron chi connectivity index (χ3n) is 2.48. The lowest BCUT2D eigenvalue weighted by Crippen LogP contribution is -1.82. The first kappa shape index (κ1) is 10.6. The van der Waals surface area contributed by atoms with Crippen molar-refractivity contribution in [1.82, 2.24) is 9.36 Å². The maximum Gasteiger partial charge on any atom is 0.105 e. The van der Waals surface area contributed by atoms with E-state index in [0.717, 1.165) is 16.8 Å². The Morgan fingerprint density at radius 2 is 2.24 bits per heavy atom. The smallest absolute Gasteiger partial charge is 0.105 e. The molecule has 0 aliphatic rings. The Hall–Kier alpha value is -1.52. The van der Waals surface area contributed by atoms with Crippen LogP contribution >= 0.6 is 22.9 Å². The van der Waals surface area contributed by atoms with Crippen LogP contribution in [-0.2, 0) is 0 Å². The number of pyridine rings is 1. The Morgan fingerprint density at radius 1 is 1.29 bits per heavy atom. The first-order valence-corrected chi connectivity index (χ1v) is 6.96. The second-order valence-electron chi connectivity index (χ2n) is 3.58. The highest BCUT2D eigenvalue weighted by atomic mass is 32.1. The number of fused-ring (bicyclic) bond motifs is 1. The highest BCUT2D eigenvalue weighted by molar-refractivity contribution is 7.22. The predicted molar refractivity (Wildman–Crippen MR) is 75.4 cm³/mol. The molecule has 3 rings (SSSR count). The van der Waals surface area contributed by atoms with Crippen LogP contribution in [0.25, 0.3) is 27.6 Å². The van der Waals surface area contributed by atoms with E-state index in [1.165, 1.54) is 21.1 Å². The number of hydrogen-bond acceptors (Lipinski definition) is 4. The molecule has 3 heterocycles. The molecule has 0 radical (unpaired) electrons. The van der Waals surface area contributed by atoms with Gasteiger partial charge in [0.15, 0.2) is 0 Å². The molecule has 3 aromatic rings. The van der Waals surface area contributed by atoms with Gasteiger partial charge in [0.05, 0.1) is 10.4 Å². The van der Waals surface area contributed by atoms with Crippen LogP contribution in [0.5, 0.6) is 0 Å². The summed E-state index contributed by atoms with van der Waals surface area (Å²) in [5.41, 5.74) is 3.23. The van der Waals surface area contributed by atoms with Gasteiger partial charge in [-0.15, -0.1) is 11.3 Å². The number of aromatic nitrogens is 2. The Labute approximate surface area is 107 Å². The summed E-state index contributed by atoms with van der Waals surface area (Å²) in [6.07, 6.45) is 6.01. The highest BCUT2D eigenvalue weighted by Crippen LogP contribution is 2.38. The van der Waals surface area contributed by atoms with Gasteiger partial charge in [-0.3, -0.25) is 4.98 Å². The number of thiophene rings is 1. The van der Waals surface area contributed by atoms with Crippen LogP contribution in [0.3, 0.4) is 0 Å². The third-order valence-corrected chi connectivity index (χ3v) is 4.35. The summed E-state index contributed by atoms with van der Waals surface area (Å²) in [7, 11) is 0. The van der Waals surface area contributed by atoms with Crippen LogP contribution in [0.1, 0.15) is 11.8 Å². The van der Waals surface area contributed by atoms with Gasteiger partial charge in [0, 0.05) is 22.0 Å². The van der Waals surface area contributed by atoms with Crippen molar-refractivity contribution in [2.24, 2.45) is 0 Å². The molecule has 4 heteroatoms. The van der Waals surface area contributed by atoms with Crippen LogP contribution in [0.2, 0.25) is 0 Å². The Bertz CT molecular complexity index is 665. The first-order valence-electron chi connectivity index (χ1n) is 5.31. The van der Waals surface area contributed by atoms with Crippen LogP contribution in [0.15, 0.2) is 35.9 Å². The van der Waals surface area contributed by atoms with Gasteiger partial charge in [0.1, 0.15) is 5.52 Å². The fraction of sp³-hybridized carbons (Fsp3) is 0.0769. The lowest BCUT2D eigenvalue weighted by molar-refractivity contribution is 1.33. The largest absolute Gasteiger partial charge is 0.256 e. The number of hydrogen-bond donors (Lipinski definition) is 0. The predicted octanol–water partition coefficient (Wildman–Crippen LogP) is 4.45. The quantitative estimate of drug-likeness (QED) is 0.678. The van der Waals surface area contributed by atoms with Crippen molar-refractivity contribution in [2.75, 3.05) is 0 Å². The second-order valence-corrected chi connectivity index (χ2v) is 5.30. The summed E-state index contributed by atoms with van der Waals surface area (Å²) in [5, 5.41) is 2.10. The second kappa shape index (κ2) is 4.39. The van der Waals surface area contributed by atoms with E-state index >= 15 is 0 Å². The summed E-state index contributed by atoms with van der Waals surface area (Å²) in [4.78, 5) is 5.66. The van der Waals surface area contributed by atoms with Crippen LogP contribution in [0, 0.1) is 0 Å². The standard InChI is InChI=1S/C13H10N2S2/c1-2-5-10-12(9-6-3-4-7-14-9)13-11(17-10)8-16-15-13/h2-8H,1H3/b5-2-. The molecule has 0 spiro atoms. The molecular formula is C13H10N2S2. The van der Waals surface area contributed by atoms with Crippen LogP contribution in [0.4, 0.5) is 0 Å². The molecule has 0 fully saturated rings. The Morgan fingerprint density at radius 3 is 3.00 bits per heavy atom. The van der Waals surface area contributed by atoms with Crippen LogP contribution < -0.4 is 0 Å². The van der Waals surface area contributed by atoms with E-state index in [-0.39, 0.29) is 0 Å². The van der Waals surface area contributed by atoms with Gasteiger partial charge < -0.3 is 0 Å². The number of rotatable bonds is 2. The first-order chi connectivity index (χ1) is 8.40. The number of nitrogens with zero attached hydrogens (tertiary/aromatic N) is 2. The Balaban J connectivity index is 2.32. The van der Waals surface area contributed by atoms with E-state index in [1.54, 1.807) is 11.3 Å². The summed E-state index contributed by atoms with van der Waals surface area (Å²) in [5.74, 6) is 0. The zero-order valence-electron chi connectivity index (χ0n) is 9.25. The van der Waals surface area contributed by atoms with Crippen molar-refractivity contribution in [3.63, 3.8) is 0 Å². The van der Waals surface area contributed by atoms with E-state index in [2.05, 4.69) is 26.9 Å². The van der Waals surface area contributed by atoms with Crippen molar-refractivity contribution in [1.29, 1.82) is 0 Å². The van der Waals surface area contributed by atoms with Gasteiger partial charge in [0.2, 0.25) is 0 Å². The van der Waals surface area contributed by atoms with Gasteiger partial charge in [-0.2, -0.15) is 4.37 Å². The fourth-order valence-electron chi connectivity index (χ4n) is 1.78. The lowest BCUT2D eigenvalue weighted by atomic mass is 10.1. The van der Waals surface area contributed by atoms with Crippen molar-refractivity contribution >= 4 is 39.2 Å². The van der Waals surface area contributed by atoms with Crippen molar-refractivity contribution < 1.29 is 0 Å². The van der Waals surface area contributed by atoms with E-state index in [9.17, 15) is 0 Å². The van der Waals surface area contributed by atoms with E-state index in [4.69, 9.17) is 0 Å². The highest BCUT2D eigenvalue weighted by Gasteiger charge is 2.14. The van der Waals surface area contributed by atoms with Gasteiger partial charge in [0.25, 0.3) is 0 Å². The zero-order valence-corrected chi connectivity index (χ0v) is 10.9. The van der Waals surface area contributed by atoms with E-state index in [1.807, 2.05) is 31.3 Å². The summed E-state index contributed by atoms with van der Waals surface area (Å²) in [6.45, 7) is 2.03. The SMILES string of the molecule is C/C=C\c1sc2csnc2c1-c1ccccn1. The van der Waals surface area contributed by atoms with E-state index < -0.39 is 0 Å². The minimum Gasteiger partial charge on any atom is -0.256 e.